The first-order valence-electron chi connectivity index (χ1n) is 7.44. The van der Waals surface area contributed by atoms with E-state index in [9.17, 15) is 0 Å². The second kappa shape index (κ2) is 11.8. The molecule has 6 nitrogen and oxygen atoms in total. The topological polar surface area (TPSA) is 64.1 Å². The molecule has 0 saturated carbocycles. The first-order valence-corrected chi connectivity index (χ1v) is 7.44. The highest BCUT2D eigenvalue weighted by atomic mass is 16.5. The first kappa shape index (κ1) is 18.3. The van der Waals surface area contributed by atoms with Gasteiger partial charge in [0.05, 0.1) is 20.3 Å². The number of nitrogens with zero attached hydrogens (tertiary/aromatic N) is 1. The third-order valence-electron chi connectivity index (χ3n) is 3.01. The summed E-state index contributed by atoms with van der Waals surface area (Å²) in [5.74, 6) is 1.65. The fourth-order valence-corrected chi connectivity index (χ4v) is 1.78. The van der Waals surface area contributed by atoms with Crippen molar-refractivity contribution < 1.29 is 14.2 Å². The average Bonchev–Trinajstić information content (AvgIpc) is 2.57. The highest BCUT2D eigenvalue weighted by Gasteiger charge is 1.97. The molecule has 6 heteroatoms. The fraction of sp³-hybridized carbons (Fsp3) is 0.562. The minimum atomic E-state index is 0.616. The number of hydrogen-bond acceptors (Lipinski definition) is 4. The summed E-state index contributed by atoms with van der Waals surface area (Å²) in [4.78, 5) is 4.13. The van der Waals surface area contributed by atoms with Crippen molar-refractivity contribution in [3.05, 3.63) is 29.8 Å². The lowest BCUT2D eigenvalue weighted by molar-refractivity contribution is 0.119. The first-order chi connectivity index (χ1) is 10.8. The maximum absolute atomic E-state index is 5.65. The zero-order chi connectivity index (χ0) is 16.0. The lowest BCUT2D eigenvalue weighted by Crippen LogP contribution is -2.39. The Kier molecular flexibility index (Phi) is 9.81. The van der Waals surface area contributed by atoms with Crippen molar-refractivity contribution in [2.24, 2.45) is 4.99 Å². The Hall–Kier alpha value is -1.79. The number of methoxy groups -OCH3 is 2. The van der Waals surface area contributed by atoms with Gasteiger partial charge in [0, 0.05) is 33.9 Å². The van der Waals surface area contributed by atoms with Crippen molar-refractivity contribution in [1.29, 1.82) is 0 Å². The summed E-state index contributed by atoms with van der Waals surface area (Å²) in [6.45, 7) is 3.53. The zero-order valence-electron chi connectivity index (χ0n) is 13.7. The minimum Gasteiger partial charge on any atom is -0.497 e. The molecule has 0 bridgehead atoms. The van der Waals surface area contributed by atoms with E-state index < -0.39 is 0 Å². The number of ether oxygens (including phenoxy) is 3. The van der Waals surface area contributed by atoms with Crippen LogP contribution in [0, 0.1) is 0 Å². The second-order valence-electron chi connectivity index (χ2n) is 4.67. The molecule has 0 amide bonds. The number of aliphatic imine (C=N–C) groups is 1. The predicted octanol–water partition coefficient (Wildman–Crippen LogP) is 1.41. The molecule has 0 radical (unpaired) electrons. The molecule has 0 atom stereocenters. The maximum Gasteiger partial charge on any atom is 0.191 e. The molecule has 0 aliphatic carbocycles. The van der Waals surface area contributed by atoms with Gasteiger partial charge >= 0.3 is 0 Å². The Bertz CT molecular complexity index is 421. The van der Waals surface area contributed by atoms with E-state index in [-0.39, 0.29) is 0 Å². The van der Waals surface area contributed by atoms with Crippen LogP contribution in [0.25, 0.3) is 0 Å². The molecule has 1 rings (SSSR count). The molecule has 0 heterocycles. The molecule has 0 fully saturated rings. The summed E-state index contributed by atoms with van der Waals surface area (Å²) in [5.41, 5.74) is 1.14. The summed E-state index contributed by atoms with van der Waals surface area (Å²) >= 11 is 0. The molecule has 1 aromatic carbocycles. The molecule has 2 N–H and O–H groups in total. The van der Waals surface area contributed by atoms with E-state index in [4.69, 9.17) is 14.2 Å². The Morgan fingerprint density at radius 2 is 1.77 bits per heavy atom. The van der Waals surface area contributed by atoms with Gasteiger partial charge in [-0.05, 0) is 24.1 Å². The van der Waals surface area contributed by atoms with E-state index in [0.717, 1.165) is 36.8 Å². The molecule has 22 heavy (non-hydrogen) atoms. The number of nitrogens with one attached hydrogen (secondary N) is 2. The van der Waals surface area contributed by atoms with Crippen LogP contribution < -0.4 is 15.4 Å². The number of guanidine groups is 1. The Morgan fingerprint density at radius 1 is 1.05 bits per heavy atom. The minimum absolute atomic E-state index is 0.616. The molecule has 0 spiro atoms. The lowest BCUT2D eigenvalue weighted by atomic mass is 10.2. The van der Waals surface area contributed by atoms with Crippen LogP contribution in [0.1, 0.15) is 12.0 Å². The summed E-state index contributed by atoms with van der Waals surface area (Å²) in [5, 5.41) is 6.39. The molecule has 0 unspecified atom stereocenters. The van der Waals surface area contributed by atoms with Crippen LogP contribution in [0.4, 0.5) is 0 Å². The molecule has 0 aromatic heterocycles. The fourth-order valence-electron chi connectivity index (χ4n) is 1.78. The van der Waals surface area contributed by atoms with Crippen molar-refractivity contribution in [1.82, 2.24) is 10.6 Å². The Balaban J connectivity index is 2.06. The monoisotopic (exact) mass is 309 g/mol. The SMILES string of the molecule is CN=C(NCCCOCc1ccc(OC)cc1)NCCOC. The van der Waals surface area contributed by atoms with Crippen LogP contribution in [-0.2, 0) is 16.1 Å². The maximum atomic E-state index is 5.65. The lowest BCUT2D eigenvalue weighted by Gasteiger charge is -2.11. The van der Waals surface area contributed by atoms with Gasteiger partial charge in [-0.1, -0.05) is 12.1 Å². The second-order valence-corrected chi connectivity index (χ2v) is 4.67. The zero-order valence-corrected chi connectivity index (χ0v) is 13.7. The largest absolute Gasteiger partial charge is 0.497 e. The highest BCUT2D eigenvalue weighted by Crippen LogP contribution is 2.11. The predicted molar refractivity (Wildman–Crippen MR) is 88.5 cm³/mol. The van der Waals surface area contributed by atoms with Gasteiger partial charge in [-0.3, -0.25) is 4.99 Å². The molecule has 1 aromatic rings. The smallest absolute Gasteiger partial charge is 0.191 e. The molecule has 0 aliphatic heterocycles. The van der Waals surface area contributed by atoms with Crippen LogP contribution in [-0.4, -0.2) is 53.5 Å². The van der Waals surface area contributed by atoms with Crippen molar-refractivity contribution in [2.75, 3.05) is 47.6 Å². The van der Waals surface area contributed by atoms with Crippen LogP contribution in [0.15, 0.2) is 29.3 Å². The Morgan fingerprint density at radius 3 is 2.41 bits per heavy atom. The molecular weight excluding hydrogens is 282 g/mol. The summed E-state index contributed by atoms with van der Waals surface area (Å²) in [6.07, 6.45) is 0.918. The quantitative estimate of drug-likeness (QED) is 0.389. The van der Waals surface area contributed by atoms with E-state index >= 15 is 0 Å². The highest BCUT2D eigenvalue weighted by molar-refractivity contribution is 5.79. The van der Waals surface area contributed by atoms with E-state index in [0.29, 0.717) is 19.8 Å². The Labute approximate surface area is 132 Å². The average molecular weight is 309 g/mol. The summed E-state index contributed by atoms with van der Waals surface area (Å²) < 4.78 is 15.7. The third kappa shape index (κ3) is 7.85. The summed E-state index contributed by atoms with van der Waals surface area (Å²) in [7, 11) is 5.09. The van der Waals surface area contributed by atoms with Gasteiger partial charge in [-0.15, -0.1) is 0 Å². The van der Waals surface area contributed by atoms with Gasteiger partial charge in [0.15, 0.2) is 5.96 Å². The van der Waals surface area contributed by atoms with Crippen molar-refractivity contribution >= 4 is 5.96 Å². The van der Waals surface area contributed by atoms with Gasteiger partial charge in [-0.2, -0.15) is 0 Å². The number of rotatable bonds is 10. The number of hydrogen-bond donors (Lipinski definition) is 2. The normalized spacial score (nSPS) is 11.3. The number of benzene rings is 1. The van der Waals surface area contributed by atoms with Crippen molar-refractivity contribution in [3.8, 4) is 5.75 Å². The molecular formula is C16H27N3O3. The molecule has 0 saturated heterocycles. The third-order valence-corrected chi connectivity index (χ3v) is 3.01. The van der Waals surface area contributed by atoms with Gasteiger partial charge in [0.2, 0.25) is 0 Å². The van der Waals surface area contributed by atoms with E-state index in [1.807, 2.05) is 24.3 Å². The van der Waals surface area contributed by atoms with Crippen molar-refractivity contribution in [3.63, 3.8) is 0 Å². The van der Waals surface area contributed by atoms with E-state index in [1.165, 1.54) is 0 Å². The summed E-state index contributed by atoms with van der Waals surface area (Å²) in [6, 6.07) is 7.91. The van der Waals surface area contributed by atoms with Gasteiger partial charge < -0.3 is 24.8 Å². The van der Waals surface area contributed by atoms with Gasteiger partial charge in [0.1, 0.15) is 5.75 Å². The van der Waals surface area contributed by atoms with Crippen LogP contribution in [0.5, 0.6) is 5.75 Å². The standard InChI is InChI=1S/C16H27N3O3/c1-17-16(19-10-12-20-2)18-9-4-11-22-13-14-5-7-15(21-3)8-6-14/h5-8H,4,9-13H2,1-3H3,(H2,17,18,19). The molecule has 124 valence electrons. The van der Waals surface area contributed by atoms with E-state index in [2.05, 4.69) is 15.6 Å². The van der Waals surface area contributed by atoms with E-state index in [1.54, 1.807) is 21.3 Å². The van der Waals surface area contributed by atoms with Crippen LogP contribution >= 0.6 is 0 Å². The van der Waals surface area contributed by atoms with Crippen LogP contribution in [0.3, 0.4) is 0 Å². The van der Waals surface area contributed by atoms with Crippen molar-refractivity contribution in [2.45, 2.75) is 13.0 Å². The molecule has 0 aliphatic rings. The van der Waals surface area contributed by atoms with Gasteiger partial charge in [0.25, 0.3) is 0 Å². The van der Waals surface area contributed by atoms with Crippen LogP contribution in [0.2, 0.25) is 0 Å². The van der Waals surface area contributed by atoms with Gasteiger partial charge in [-0.25, -0.2) is 0 Å².